The van der Waals surface area contributed by atoms with Gasteiger partial charge in [0.05, 0.1) is 16.3 Å². The van der Waals surface area contributed by atoms with Crippen LogP contribution in [0.3, 0.4) is 0 Å². The Morgan fingerprint density at radius 1 is 1.03 bits per heavy atom. The molecule has 6 heteroatoms. The van der Waals surface area contributed by atoms with Crippen LogP contribution in [-0.4, -0.2) is 19.4 Å². The number of H-pyrrole nitrogens is 1. The van der Waals surface area contributed by atoms with Crippen molar-refractivity contribution in [1.82, 2.24) is 9.97 Å². The molecule has 0 radical (unpaired) electrons. The van der Waals surface area contributed by atoms with Crippen LogP contribution in [0.1, 0.15) is 31.7 Å². The first-order chi connectivity index (χ1) is 14.6. The molecule has 154 valence electrons. The van der Waals surface area contributed by atoms with E-state index in [9.17, 15) is 4.21 Å². The van der Waals surface area contributed by atoms with Gasteiger partial charge in [0.25, 0.3) is 0 Å². The number of benzene rings is 3. The molecule has 3 aromatic carbocycles. The zero-order valence-corrected chi connectivity index (χ0v) is 17.9. The highest BCUT2D eigenvalue weighted by molar-refractivity contribution is 7.87. The molecule has 0 spiro atoms. The van der Waals surface area contributed by atoms with Crippen LogP contribution in [0.25, 0.3) is 11.0 Å². The molecule has 2 unspecified atom stereocenters. The minimum absolute atomic E-state index is 0.104. The molecule has 2 atom stereocenters. The fourth-order valence-corrected chi connectivity index (χ4v) is 3.93. The van der Waals surface area contributed by atoms with E-state index < -0.39 is 11.0 Å². The number of hydrogen-bond acceptors (Lipinski definition) is 3. The van der Waals surface area contributed by atoms with Crippen molar-refractivity contribution in [2.75, 3.05) is 4.72 Å². The maximum Gasteiger partial charge on any atom is 0.127 e. The second-order valence-electron chi connectivity index (χ2n) is 7.27. The van der Waals surface area contributed by atoms with Crippen LogP contribution in [0.15, 0.2) is 72.8 Å². The summed E-state index contributed by atoms with van der Waals surface area (Å²) in [5.41, 5.74) is 3.80. The molecule has 1 aromatic heterocycles. The van der Waals surface area contributed by atoms with E-state index in [0.29, 0.717) is 6.42 Å². The number of hydrogen-bond donors (Lipinski definition) is 2. The molecule has 0 aliphatic rings. The fourth-order valence-electron chi connectivity index (χ4n) is 3.07. The molecule has 0 saturated heterocycles. The fraction of sp³-hybridized carbons (Fsp3) is 0.208. The first-order valence-corrected chi connectivity index (χ1v) is 11.3. The van der Waals surface area contributed by atoms with E-state index >= 15 is 0 Å². The van der Waals surface area contributed by atoms with Crippen LogP contribution in [-0.2, 0) is 17.4 Å². The van der Waals surface area contributed by atoms with Gasteiger partial charge in [-0.3, -0.25) is 0 Å². The molecule has 2 N–H and O–H groups in total. The van der Waals surface area contributed by atoms with Crippen molar-refractivity contribution in [2.24, 2.45) is 0 Å². The van der Waals surface area contributed by atoms with Gasteiger partial charge in [0.2, 0.25) is 0 Å². The summed E-state index contributed by atoms with van der Waals surface area (Å²) in [6.45, 7) is 4.01. The Morgan fingerprint density at radius 3 is 2.50 bits per heavy atom. The minimum Gasteiger partial charge on any atom is -0.457 e. The molecule has 0 aliphatic heterocycles. The highest BCUT2D eigenvalue weighted by atomic mass is 32.2. The first-order valence-electron chi connectivity index (χ1n) is 10.1. The van der Waals surface area contributed by atoms with E-state index in [-0.39, 0.29) is 5.25 Å². The van der Waals surface area contributed by atoms with Crippen molar-refractivity contribution < 1.29 is 8.95 Å². The molecule has 0 saturated carbocycles. The molecule has 4 aromatic rings. The second kappa shape index (κ2) is 9.13. The molecule has 1 heterocycles. The van der Waals surface area contributed by atoms with Gasteiger partial charge in [-0.2, -0.15) is 0 Å². The minimum atomic E-state index is -1.10. The van der Waals surface area contributed by atoms with Crippen molar-refractivity contribution in [3.63, 3.8) is 0 Å². The van der Waals surface area contributed by atoms with Crippen molar-refractivity contribution in [1.29, 1.82) is 0 Å². The summed E-state index contributed by atoms with van der Waals surface area (Å²) in [5, 5.41) is 0.104. The number of nitrogens with one attached hydrogen (secondary N) is 2. The molecule has 0 fully saturated rings. The monoisotopic (exact) mass is 419 g/mol. The molecule has 4 rings (SSSR count). The summed E-state index contributed by atoms with van der Waals surface area (Å²) in [4.78, 5) is 8.05. The SMILES string of the molecule is CCC(C)S(=O)Nc1ccc2nc(Cc3ccc(Oc4ccccc4)cc3)[nH]c2c1. The van der Waals surface area contributed by atoms with Gasteiger partial charge in [-0.25, -0.2) is 9.19 Å². The number of rotatable bonds is 8. The highest BCUT2D eigenvalue weighted by Gasteiger charge is 2.10. The van der Waals surface area contributed by atoms with Crippen LogP contribution in [0.5, 0.6) is 11.5 Å². The summed E-state index contributed by atoms with van der Waals surface area (Å²) >= 11 is 0. The van der Waals surface area contributed by atoms with Crippen LogP contribution in [0, 0.1) is 0 Å². The van der Waals surface area contributed by atoms with E-state index in [4.69, 9.17) is 4.74 Å². The number of aromatic nitrogens is 2. The maximum atomic E-state index is 12.2. The maximum absolute atomic E-state index is 12.2. The van der Waals surface area contributed by atoms with Gasteiger partial charge in [-0.1, -0.05) is 37.3 Å². The summed E-state index contributed by atoms with van der Waals surface area (Å²) in [7, 11) is -1.10. The number of nitrogens with zero attached hydrogens (tertiary/aromatic N) is 1. The Hall–Kier alpha value is -3.12. The lowest BCUT2D eigenvalue weighted by Gasteiger charge is -2.10. The lowest BCUT2D eigenvalue weighted by Crippen LogP contribution is -2.17. The number of fused-ring (bicyclic) bond motifs is 1. The van der Waals surface area contributed by atoms with Crippen LogP contribution >= 0.6 is 0 Å². The van der Waals surface area contributed by atoms with E-state index in [1.165, 1.54) is 0 Å². The number of imidazole rings is 1. The average molecular weight is 420 g/mol. The summed E-state index contributed by atoms with van der Waals surface area (Å²) in [5.74, 6) is 2.52. The highest BCUT2D eigenvalue weighted by Crippen LogP contribution is 2.23. The van der Waals surface area contributed by atoms with Crippen molar-refractivity contribution >= 4 is 27.7 Å². The average Bonchev–Trinajstić information content (AvgIpc) is 3.16. The Balaban J connectivity index is 1.44. The molecular formula is C24H25N3O2S. The Labute approximate surface area is 179 Å². The molecule has 0 amide bonds. The van der Waals surface area contributed by atoms with Gasteiger partial charge in [0.15, 0.2) is 0 Å². The van der Waals surface area contributed by atoms with Crippen molar-refractivity contribution in [3.8, 4) is 11.5 Å². The predicted molar refractivity (Wildman–Crippen MR) is 123 cm³/mol. The Bertz CT molecular complexity index is 1140. The van der Waals surface area contributed by atoms with E-state index in [2.05, 4.69) is 14.7 Å². The number of anilines is 1. The Morgan fingerprint density at radius 2 is 1.77 bits per heavy atom. The largest absolute Gasteiger partial charge is 0.457 e. The van der Waals surface area contributed by atoms with Crippen LogP contribution in [0.2, 0.25) is 0 Å². The third kappa shape index (κ3) is 4.89. The summed E-state index contributed by atoms with van der Waals surface area (Å²) < 4.78 is 21.2. The van der Waals surface area contributed by atoms with Gasteiger partial charge in [0, 0.05) is 12.1 Å². The predicted octanol–water partition coefficient (Wildman–Crippen LogP) is 5.82. The third-order valence-electron chi connectivity index (χ3n) is 4.96. The van der Waals surface area contributed by atoms with Gasteiger partial charge in [-0.15, -0.1) is 0 Å². The molecule has 0 bridgehead atoms. The van der Waals surface area contributed by atoms with E-state index in [1.807, 2.05) is 86.6 Å². The standard InChI is InChI=1S/C24H25N3O2S/c1-3-17(2)30(28)27-19-11-14-22-23(16-19)26-24(25-22)15-18-9-12-21(13-10-18)29-20-7-5-4-6-8-20/h4-14,16-17,27H,3,15H2,1-2H3,(H,25,26). The summed E-state index contributed by atoms with van der Waals surface area (Å²) in [6, 6.07) is 23.6. The van der Waals surface area contributed by atoms with Crippen LogP contribution < -0.4 is 9.46 Å². The van der Waals surface area contributed by atoms with Crippen molar-refractivity contribution in [2.45, 2.75) is 31.9 Å². The van der Waals surface area contributed by atoms with Crippen molar-refractivity contribution in [3.05, 3.63) is 84.2 Å². The molecular weight excluding hydrogens is 394 g/mol. The lowest BCUT2D eigenvalue weighted by atomic mass is 10.1. The quantitative estimate of drug-likeness (QED) is 0.378. The number of aromatic amines is 1. The smallest absolute Gasteiger partial charge is 0.127 e. The van der Waals surface area contributed by atoms with E-state index in [0.717, 1.165) is 46.0 Å². The van der Waals surface area contributed by atoms with Gasteiger partial charge >= 0.3 is 0 Å². The second-order valence-corrected chi connectivity index (χ2v) is 8.87. The topological polar surface area (TPSA) is 67.0 Å². The first kappa shape index (κ1) is 20.2. The lowest BCUT2D eigenvalue weighted by molar-refractivity contribution is 0.482. The zero-order chi connectivity index (χ0) is 20.9. The summed E-state index contributed by atoms with van der Waals surface area (Å²) in [6.07, 6.45) is 1.56. The molecule has 30 heavy (non-hydrogen) atoms. The number of para-hydroxylation sites is 1. The van der Waals surface area contributed by atoms with Gasteiger partial charge in [-0.05, 0) is 61.4 Å². The molecule has 0 aliphatic carbocycles. The van der Waals surface area contributed by atoms with Gasteiger partial charge < -0.3 is 14.4 Å². The Kier molecular flexibility index (Phi) is 6.14. The normalized spacial score (nSPS) is 13.1. The number of ether oxygens (including phenoxy) is 1. The van der Waals surface area contributed by atoms with Gasteiger partial charge in [0.1, 0.15) is 28.3 Å². The van der Waals surface area contributed by atoms with E-state index in [1.54, 1.807) is 0 Å². The molecule has 5 nitrogen and oxygen atoms in total. The third-order valence-corrected chi connectivity index (χ3v) is 6.46. The zero-order valence-electron chi connectivity index (χ0n) is 17.1. The van der Waals surface area contributed by atoms with Crippen LogP contribution in [0.4, 0.5) is 5.69 Å².